The number of hydrogen-bond acceptors (Lipinski definition) is 5. The van der Waals surface area contributed by atoms with Crippen LogP contribution in [0.1, 0.15) is 36.8 Å². The van der Waals surface area contributed by atoms with Gasteiger partial charge in [-0.2, -0.15) is 0 Å². The van der Waals surface area contributed by atoms with Crippen molar-refractivity contribution in [3.05, 3.63) is 76.3 Å². The van der Waals surface area contributed by atoms with Crippen LogP contribution in [0.3, 0.4) is 0 Å². The van der Waals surface area contributed by atoms with E-state index in [9.17, 15) is 14.4 Å². The molecule has 4 rings (SSSR count). The third kappa shape index (κ3) is 2.68. The van der Waals surface area contributed by atoms with E-state index < -0.39 is 5.97 Å². The number of hydrogen-bond donors (Lipinski definition) is 1. The van der Waals surface area contributed by atoms with Crippen LogP contribution in [0.4, 0.5) is 0 Å². The standard InChI is InChI=1S/C19H12N2O4S/c22-17-13-3-1-2-4-14(13)18(23)21(17)9-11-5-7-12(8-6-11)16-20-15(10-26-16)19(24)25/h1-8,10H,9H2,(H,24,25). The number of carbonyl (C=O) groups is 3. The molecule has 0 radical (unpaired) electrons. The first-order valence-corrected chi connectivity index (χ1v) is 8.66. The summed E-state index contributed by atoms with van der Waals surface area (Å²) in [6, 6.07) is 14.0. The minimum atomic E-state index is -1.06. The van der Waals surface area contributed by atoms with Gasteiger partial charge in [0, 0.05) is 10.9 Å². The van der Waals surface area contributed by atoms with Crippen molar-refractivity contribution in [3.8, 4) is 10.6 Å². The van der Waals surface area contributed by atoms with E-state index >= 15 is 0 Å². The number of imide groups is 1. The highest BCUT2D eigenvalue weighted by Gasteiger charge is 2.34. The van der Waals surface area contributed by atoms with E-state index in [4.69, 9.17) is 5.11 Å². The molecule has 6 nitrogen and oxygen atoms in total. The largest absolute Gasteiger partial charge is 0.476 e. The number of amides is 2. The molecule has 0 aliphatic carbocycles. The Kier molecular flexibility index (Phi) is 3.85. The van der Waals surface area contributed by atoms with Crippen molar-refractivity contribution in [2.75, 3.05) is 0 Å². The van der Waals surface area contributed by atoms with Crippen LogP contribution in [0.2, 0.25) is 0 Å². The van der Waals surface area contributed by atoms with Gasteiger partial charge < -0.3 is 5.11 Å². The molecule has 0 unspecified atom stereocenters. The minimum absolute atomic E-state index is 0.0140. The Bertz CT molecular complexity index is 1000. The predicted octanol–water partition coefficient (Wildman–Crippen LogP) is 3.30. The second kappa shape index (κ2) is 6.20. The predicted molar refractivity (Wildman–Crippen MR) is 95.2 cm³/mol. The van der Waals surface area contributed by atoms with Crippen LogP contribution in [-0.4, -0.2) is 32.8 Å². The highest BCUT2D eigenvalue weighted by Crippen LogP contribution is 2.27. The Hall–Kier alpha value is -3.32. The fraction of sp³-hybridized carbons (Fsp3) is 0.0526. The minimum Gasteiger partial charge on any atom is -0.476 e. The highest BCUT2D eigenvalue weighted by molar-refractivity contribution is 7.13. The topological polar surface area (TPSA) is 87.6 Å². The lowest BCUT2D eigenvalue weighted by Gasteiger charge is -2.14. The zero-order valence-electron chi connectivity index (χ0n) is 13.4. The lowest BCUT2D eigenvalue weighted by Crippen LogP contribution is -2.29. The van der Waals surface area contributed by atoms with Crippen molar-refractivity contribution in [1.82, 2.24) is 9.88 Å². The maximum absolute atomic E-state index is 12.4. The van der Waals surface area contributed by atoms with Crippen molar-refractivity contribution >= 4 is 29.1 Å². The molecule has 7 heteroatoms. The van der Waals surface area contributed by atoms with Crippen LogP contribution in [0.25, 0.3) is 10.6 Å². The summed E-state index contributed by atoms with van der Waals surface area (Å²) in [5.41, 5.74) is 2.46. The Balaban J connectivity index is 1.54. The van der Waals surface area contributed by atoms with E-state index in [1.807, 2.05) is 0 Å². The molecule has 0 fully saturated rings. The molecule has 1 N–H and O–H groups in total. The summed E-state index contributed by atoms with van der Waals surface area (Å²) in [5.74, 6) is -1.64. The molecule has 0 bridgehead atoms. The fourth-order valence-electron chi connectivity index (χ4n) is 2.82. The van der Waals surface area contributed by atoms with Gasteiger partial charge in [0.2, 0.25) is 0 Å². The molecule has 2 heterocycles. The van der Waals surface area contributed by atoms with Crippen molar-refractivity contribution < 1.29 is 19.5 Å². The Labute approximate surface area is 152 Å². The van der Waals surface area contributed by atoms with Gasteiger partial charge in [0.15, 0.2) is 5.69 Å². The summed E-state index contributed by atoms with van der Waals surface area (Å²) in [6.45, 7) is 0.185. The van der Waals surface area contributed by atoms with Gasteiger partial charge in [0.1, 0.15) is 5.01 Å². The number of nitrogens with zero attached hydrogens (tertiary/aromatic N) is 2. The molecule has 2 aromatic carbocycles. The summed E-state index contributed by atoms with van der Waals surface area (Å²) in [5, 5.41) is 11.0. The molecule has 3 aromatic rings. The molecule has 26 heavy (non-hydrogen) atoms. The van der Waals surface area contributed by atoms with E-state index in [2.05, 4.69) is 4.98 Å². The van der Waals surface area contributed by atoms with Gasteiger partial charge >= 0.3 is 5.97 Å². The van der Waals surface area contributed by atoms with Gasteiger partial charge in [-0.05, 0) is 17.7 Å². The van der Waals surface area contributed by atoms with Crippen LogP contribution in [0.15, 0.2) is 53.9 Å². The van der Waals surface area contributed by atoms with Crippen LogP contribution < -0.4 is 0 Å². The number of carboxylic acid groups (broad SMARTS) is 1. The maximum Gasteiger partial charge on any atom is 0.355 e. The van der Waals surface area contributed by atoms with Crippen LogP contribution in [0.5, 0.6) is 0 Å². The monoisotopic (exact) mass is 364 g/mol. The molecule has 0 spiro atoms. The first kappa shape index (κ1) is 16.2. The van der Waals surface area contributed by atoms with E-state index in [0.717, 1.165) is 11.1 Å². The van der Waals surface area contributed by atoms with Gasteiger partial charge in [-0.3, -0.25) is 14.5 Å². The van der Waals surface area contributed by atoms with Gasteiger partial charge in [-0.15, -0.1) is 11.3 Å². The number of carboxylic acids is 1. The number of thiazole rings is 1. The number of aromatic carboxylic acids is 1. The van der Waals surface area contributed by atoms with Crippen LogP contribution in [0, 0.1) is 0 Å². The molecule has 2 amide bonds. The van der Waals surface area contributed by atoms with Crippen molar-refractivity contribution in [2.24, 2.45) is 0 Å². The average molecular weight is 364 g/mol. The Morgan fingerprint density at radius 2 is 1.62 bits per heavy atom. The molecule has 128 valence electrons. The Morgan fingerprint density at radius 3 is 2.15 bits per heavy atom. The van der Waals surface area contributed by atoms with Crippen molar-refractivity contribution in [3.63, 3.8) is 0 Å². The van der Waals surface area contributed by atoms with E-state index in [0.29, 0.717) is 16.1 Å². The number of carbonyl (C=O) groups excluding carboxylic acids is 2. The van der Waals surface area contributed by atoms with E-state index in [1.54, 1.807) is 48.5 Å². The molecule has 0 saturated heterocycles. The Morgan fingerprint density at radius 1 is 1.00 bits per heavy atom. The quantitative estimate of drug-likeness (QED) is 0.718. The van der Waals surface area contributed by atoms with Gasteiger partial charge in [-0.1, -0.05) is 36.4 Å². The number of rotatable bonds is 4. The SMILES string of the molecule is O=C(O)c1csc(-c2ccc(CN3C(=O)c4ccccc4C3=O)cc2)n1. The molecule has 1 aliphatic heterocycles. The van der Waals surface area contributed by atoms with Crippen molar-refractivity contribution in [1.29, 1.82) is 0 Å². The highest BCUT2D eigenvalue weighted by atomic mass is 32.1. The molecule has 0 saturated carbocycles. The smallest absolute Gasteiger partial charge is 0.355 e. The molecule has 0 atom stereocenters. The lowest BCUT2D eigenvalue weighted by atomic mass is 10.1. The summed E-state index contributed by atoms with van der Waals surface area (Å²) < 4.78 is 0. The second-order valence-corrected chi connectivity index (χ2v) is 6.64. The number of fused-ring (bicyclic) bond motifs is 1. The fourth-order valence-corrected chi connectivity index (χ4v) is 3.62. The molecular weight excluding hydrogens is 352 g/mol. The molecule has 1 aromatic heterocycles. The number of aromatic nitrogens is 1. The van der Waals surface area contributed by atoms with E-state index in [-0.39, 0.29) is 24.1 Å². The first-order chi connectivity index (χ1) is 12.5. The van der Waals surface area contributed by atoms with E-state index in [1.165, 1.54) is 21.6 Å². The number of benzene rings is 2. The van der Waals surface area contributed by atoms with Gasteiger partial charge in [0.05, 0.1) is 17.7 Å². The van der Waals surface area contributed by atoms with Gasteiger partial charge in [0.25, 0.3) is 11.8 Å². The van der Waals surface area contributed by atoms with Crippen molar-refractivity contribution in [2.45, 2.75) is 6.54 Å². The summed E-state index contributed by atoms with van der Waals surface area (Å²) in [4.78, 5) is 41.0. The first-order valence-electron chi connectivity index (χ1n) is 7.78. The third-order valence-corrected chi connectivity index (χ3v) is 5.03. The normalized spacial score (nSPS) is 13.2. The summed E-state index contributed by atoms with van der Waals surface area (Å²) in [6.07, 6.45) is 0. The lowest BCUT2D eigenvalue weighted by molar-refractivity contribution is 0.0639. The molecular formula is C19H12N2O4S. The summed E-state index contributed by atoms with van der Waals surface area (Å²) >= 11 is 1.25. The van der Waals surface area contributed by atoms with Gasteiger partial charge in [-0.25, -0.2) is 9.78 Å². The average Bonchev–Trinajstić information content (AvgIpc) is 3.23. The second-order valence-electron chi connectivity index (χ2n) is 5.78. The summed E-state index contributed by atoms with van der Waals surface area (Å²) in [7, 11) is 0. The zero-order valence-corrected chi connectivity index (χ0v) is 14.2. The molecule has 1 aliphatic rings. The zero-order chi connectivity index (χ0) is 18.3. The van der Waals surface area contributed by atoms with Crippen LogP contribution in [-0.2, 0) is 6.54 Å². The third-order valence-electron chi connectivity index (χ3n) is 4.14. The van der Waals surface area contributed by atoms with Crippen LogP contribution >= 0.6 is 11.3 Å². The maximum atomic E-state index is 12.4.